The van der Waals surface area contributed by atoms with Crippen LogP contribution in [0.3, 0.4) is 0 Å². The third-order valence-electron chi connectivity index (χ3n) is 3.35. The maximum Gasteiger partial charge on any atom is 0.519 e. The van der Waals surface area contributed by atoms with Crippen LogP contribution in [-0.2, 0) is 22.1 Å². The summed E-state index contributed by atoms with van der Waals surface area (Å²) in [6, 6.07) is 0. The van der Waals surface area contributed by atoms with E-state index < -0.39 is 37.0 Å². The van der Waals surface area contributed by atoms with Crippen molar-refractivity contribution in [2.75, 3.05) is 0 Å². The largest absolute Gasteiger partial charge is 0.519 e. The van der Waals surface area contributed by atoms with Gasteiger partial charge in [-0.1, -0.05) is 21.2 Å². The van der Waals surface area contributed by atoms with Crippen LogP contribution >= 0.6 is 31.2 Å². The molecule has 3 aliphatic rings. The molecule has 5 unspecified atom stereocenters. The van der Waals surface area contributed by atoms with Crippen LogP contribution in [0.5, 0.6) is 0 Å². The van der Waals surface area contributed by atoms with Gasteiger partial charge >= 0.3 is 23.5 Å². The van der Waals surface area contributed by atoms with Gasteiger partial charge in [-0.2, -0.15) is 19.5 Å². The number of hydrogen-bond donors (Lipinski definition) is 4. The van der Waals surface area contributed by atoms with Crippen LogP contribution < -0.4 is 5.09 Å². The van der Waals surface area contributed by atoms with Gasteiger partial charge < -0.3 is 0 Å². The normalized spacial score (nSPS) is 46.6. The molecule has 0 radical (unpaired) electrons. The molecule has 2 heterocycles. The maximum atomic E-state index is 12.0. The molecular formula is C7H15N2O7P4U+. The van der Waals surface area contributed by atoms with Crippen LogP contribution in [0.15, 0.2) is 0 Å². The van der Waals surface area contributed by atoms with Crippen molar-refractivity contribution >= 4 is 31.2 Å². The summed E-state index contributed by atoms with van der Waals surface area (Å²) in [6.45, 7) is 0. The van der Waals surface area contributed by atoms with Gasteiger partial charge in [-0.3, -0.25) is 4.89 Å². The van der Waals surface area contributed by atoms with Gasteiger partial charge in [0.15, 0.2) is 5.78 Å². The van der Waals surface area contributed by atoms with E-state index in [0.29, 0.717) is 5.66 Å². The van der Waals surface area contributed by atoms with Crippen LogP contribution in [0, 0.1) is 42.4 Å². The van der Waals surface area contributed by atoms with Gasteiger partial charge in [-0.25, -0.2) is 9.13 Å². The van der Waals surface area contributed by atoms with Gasteiger partial charge in [0.25, 0.3) is 0 Å². The Morgan fingerprint density at radius 1 is 1.43 bits per heavy atom. The zero-order valence-electron chi connectivity index (χ0n) is 10.8. The number of nitrogens with one attached hydrogen (secondary N) is 2. The molecule has 0 amide bonds. The minimum Gasteiger partial charge on any atom is -0.300 e. The van der Waals surface area contributed by atoms with Crippen molar-refractivity contribution in [3.63, 3.8) is 0 Å². The fraction of sp³-hybridized carbons (Fsp3) is 0.857. The zero-order chi connectivity index (χ0) is 14.6. The predicted molar refractivity (Wildman–Crippen MR) is 72.9 cm³/mol. The molecule has 21 heavy (non-hydrogen) atoms. The van der Waals surface area contributed by atoms with Crippen molar-refractivity contribution in [1.29, 1.82) is 5.16 Å². The minimum atomic E-state index is -4.57. The first kappa shape index (κ1) is 19.1. The second-order valence-electron chi connectivity index (χ2n) is 4.83. The van der Waals surface area contributed by atoms with Crippen molar-refractivity contribution in [3.05, 3.63) is 6.16 Å². The smallest absolute Gasteiger partial charge is 0.300 e. The van der Waals surface area contributed by atoms with Gasteiger partial charge in [0.2, 0.25) is 0 Å². The van der Waals surface area contributed by atoms with E-state index in [-0.39, 0.29) is 37.5 Å². The standard InChI is InChI=1S/C7H14N2O7P4.U/c8-17(6-2-1-3-6)5-4-7-9-19(11)14-18(7,10)15-20(12,13)16-19;/h5-8,10H,1-4H2,(H-,9,11,12,13);/p+1. The van der Waals surface area contributed by atoms with E-state index in [9.17, 15) is 18.9 Å². The summed E-state index contributed by atoms with van der Waals surface area (Å²) >= 11 is 0. The van der Waals surface area contributed by atoms with Crippen molar-refractivity contribution in [1.82, 2.24) is 5.09 Å². The zero-order valence-corrected chi connectivity index (χ0v) is 18.5. The van der Waals surface area contributed by atoms with Gasteiger partial charge in [0, 0.05) is 38.8 Å². The molecule has 3 fully saturated rings. The van der Waals surface area contributed by atoms with Crippen molar-refractivity contribution in [2.24, 2.45) is 0 Å². The van der Waals surface area contributed by atoms with Crippen molar-refractivity contribution < 1.29 is 63.0 Å². The molecule has 118 valence electrons. The fourth-order valence-electron chi connectivity index (χ4n) is 2.11. The maximum absolute atomic E-state index is 12.0. The Balaban J connectivity index is 0.00000161. The number of rotatable bonds is 4. The monoisotopic (exact) mass is 601 g/mol. The molecule has 0 aromatic rings. The van der Waals surface area contributed by atoms with Gasteiger partial charge in [-0.05, 0) is 19.3 Å². The Kier molecular flexibility index (Phi) is 6.01. The van der Waals surface area contributed by atoms with E-state index in [4.69, 9.17) is 9.47 Å². The summed E-state index contributed by atoms with van der Waals surface area (Å²) in [5.74, 6) is -0.897. The number of fused-ring (bicyclic) bond motifs is 2. The molecule has 14 heteroatoms. The molecule has 2 bridgehead atoms. The summed E-state index contributed by atoms with van der Waals surface area (Å²) in [7, 11) is -13.4. The minimum absolute atomic E-state index is 0. The average molecular weight is 601 g/mol. The molecule has 1 saturated carbocycles. The quantitative estimate of drug-likeness (QED) is 0.285. The van der Waals surface area contributed by atoms with E-state index in [1.54, 1.807) is 6.16 Å². The van der Waals surface area contributed by atoms with Crippen LogP contribution in [0.2, 0.25) is 0 Å². The number of phosphoric acid groups is 1. The molecule has 5 atom stereocenters. The molecule has 4 N–H and O–H groups in total. The first-order valence-corrected chi connectivity index (χ1v) is 12.2. The molecule has 0 aromatic heterocycles. The van der Waals surface area contributed by atoms with Crippen LogP contribution in [-0.4, -0.2) is 21.2 Å². The summed E-state index contributed by atoms with van der Waals surface area (Å²) in [5, 5.41) is 10.4. The molecule has 2 aliphatic heterocycles. The molecule has 0 aromatic carbocycles. The molecule has 9 nitrogen and oxygen atoms in total. The second kappa shape index (κ2) is 6.60. The molecule has 1 aliphatic carbocycles. The summed E-state index contributed by atoms with van der Waals surface area (Å²) in [4.78, 5) is 19.4. The van der Waals surface area contributed by atoms with Crippen LogP contribution in [0.4, 0.5) is 0 Å². The summed E-state index contributed by atoms with van der Waals surface area (Å²) in [6.07, 6.45) is 5.12. The van der Waals surface area contributed by atoms with Crippen molar-refractivity contribution in [2.45, 2.75) is 37.1 Å². The van der Waals surface area contributed by atoms with Gasteiger partial charge in [0.05, 0.1) is 0 Å². The SMILES string of the molecule is N=[P+]([CH-]CC1NP2(=O)OP(=O)(O)O[P+]1(O)O2)C1CCC1.[U]. The average Bonchev–Trinajstić information content (AvgIpc) is 2.36. The van der Waals surface area contributed by atoms with Crippen LogP contribution in [0.25, 0.3) is 0 Å². The first-order chi connectivity index (χ1) is 9.22. The topological polar surface area (TPSA) is 138 Å². The van der Waals surface area contributed by atoms with E-state index in [2.05, 4.69) is 13.7 Å². The predicted octanol–water partition coefficient (Wildman–Crippen LogP) is 3.29. The molecular weight excluding hydrogens is 586 g/mol. The molecule has 3 rings (SSSR count). The first-order valence-electron chi connectivity index (χ1n) is 6.00. The Hall–Kier alpha value is 1.80. The van der Waals surface area contributed by atoms with E-state index in [1.165, 1.54) is 0 Å². The summed E-state index contributed by atoms with van der Waals surface area (Å²) < 4.78 is 37.1. The Bertz CT molecular complexity index is 545. The molecule has 2 saturated heterocycles. The fourth-order valence-corrected chi connectivity index (χ4v) is 11.7. The second-order valence-corrected chi connectivity index (χ2v) is 12.6. The Morgan fingerprint density at radius 3 is 2.67 bits per heavy atom. The van der Waals surface area contributed by atoms with Crippen LogP contribution in [0.1, 0.15) is 25.7 Å². The van der Waals surface area contributed by atoms with E-state index in [1.807, 2.05) is 0 Å². The third-order valence-corrected chi connectivity index (χ3v) is 12.5. The van der Waals surface area contributed by atoms with Gasteiger partial charge in [-0.15, -0.1) is 0 Å². The Morgan fingerprint density at radius 2 is 2.10 bits per heavy atom. The van der Waals surface area contributed by atoms with Gasteiger partial charge in [0.1, 0.15) is 5.66 Å². The summed E-state index contributed by atoms with van der Waals surface area (Å²) in [5.41, 5.74) is 0.372. The number of hydrogen-bond acceptors (Lipinski definition) is 7. The Labute approximate surface area is 147 Å². The molecule has 0 spiro atoms. The van der Waals surface area contributed by atoms with E-state index in [0.717, 1.165) is 19.3 Å². The third kappa shape index (κ3) is 4.08. The van der Waals surface area contributed by atoms with E-state index >= 15 is 0 Å². The van der Waals surface area contributed by atoms with Crippen molar-refractivity contribution in [3.8, 4) is 0 Å².